The number of thiophene rings is 1. The van der Waals surface area contributed by atoms with Gasteiger partial charge < -0.3 is 5.32 Å². The minimum Gasteiger partial charge on any atom is -0.315 e. The first-order valence-corrected chi connectivity index (χ1v) is 5.87. The second kappa shape index (κ2) is 4.47. The first-order valence-electron chi connectivity index (χ1n) is 4.19. The molecule has 0 spiro atoms. The number of fused-ring (bicyclic) bond motifs is 1. The number of halogens is 1. The minimum atomic E-state index is -0.318. The maximum atomic E-state index is 11.2. The Kier molecular flexibility index (Phi) is 3.05. The van der Waals surface area contributed by atoms with Crippen molar-refractivity contribution in [2.24, 2.45) is 0 Å². The second-order valence-electron chi connectivity index (χ2n) is 2.85. The van der Waals surface area contributed by atoms with Gasteiger partial charge in [-0.3, -0.25) is 4.79 Å². The van der Waals surface area contributed by atoms with Crippen molar-refractivity contribution in [1.82, 2.24) is 0 Å². The molecule has 2 rings (SSSR count). The van der Waals surface area contributed by atoms with Crippen molar-refractivity contribution >= 4 is 48.9 Å². The molecule has 1 aromatic carbocycles. The summed E-state index contributed by atoms with van der Waals surface area (Å²) in [5.74, 6) is 2.04. The number of anilines is 1. The normalized spacial score (nSPS) is 9.40. The van der Waals surface area contributed by atoms with E-state index in [0.717, 1.165) is 11.1 Å². The van der Waals surface area contributed by atoms with Crippen molar-refractivity contribution in [3.8, 4) is 10.8 Å². The van der Waals surface area contributed by atoms with E-state index in [4.69, 9.17) is 0 Å². The fourth-order valence-electron chi connectivity index (χ4n) is 1.25. The standard InChI is InChI=1S/C11H6BrNOS/c12-5-3-11(14)13-9-1-2-10-8(7-9)4-6-15-10/h1-2,4,6-7H,(H,13,14). The summed E-state index contributed by atoms with van der Waals surface area (Å²) in [5.41, 5.74) is 0.765. The number of nitrogens with one attached hydrogen (secondary N) is 1. The summed E-state index contributed by atoms with van der Waals surface area (Å²) in [6.45, 7) is 0. The molecule has 0 aliphatic heterocycles. The van der Waals surface area contributed by atoms with Gasteiger partial charge in [0.05, 0.1) is 0 Å². The van der Waals surface area contributed by atoms with Crippen LogP contribution in [-0.2, 0) is 4.79 Å². The van der Waals surface area contributed by atoms with Gasteiger partial charge in [-0.25, -0.2) is 0 Å². The predicted molar refractivity (Wildman–Crippen MR) is 67.2 cm³/mol. The van der Waals surface area contributed by atoms with Gasteiger partial charge in [-0.2, -0.15) is 0 Å². The van der Waals surface area contributed by atoms with Crippen LogP contribution in [0.3, 0.4) is 0 Å². The quantitative estimate of drug-likeness (QED) is 0.798. The Bertz CT molecular complexity index is 564. The number of rotatable bonds is 1. The van der Waals surface area contributed by atoms with Crippen LogP contribution >= 0.6 is 27.3 Å². The van der Waals surface area contributed by atoms with E-state index < -0.39 is 0 Å². The molecule has 0 unspecified atom stereocenters. The van der Waals surface area contributed by atoms with Gasteiger partial charge in [0.1, 0.15) is 0 Å². The zero-order valence-corrected chi connectivity index (χ0v) is 9.98. The Morgan fingerprint density at radius 3 is 3.07 bits per heavy atom. The average Bonchev–Trinajstić information content (AvgIpc) is 2.65. The molecule has 0 atom stereocenters. The van der Waals surface area contributed by atoms with Gasteiger partial charge in [-0.05, 0) is 39.9 Å². The van der Waals surface area contributed by atoms with Crippen molar-refractivity contribution in [1.29, 1.82) is 0 Å². The third-order valence-corrected chi connectivity index (χ3v) is 2.97. The van der Waals surface area contributed by atoms with Gasteiger partial charge >= 0.3 is 5.91 Å². The van der Waals surface area contributed by atoms with Crippen LogP contribution in [0.15, 0.2) is 29.6 Å². The van der Waals surface area contributed by atoms with E-state index in [9.17, 15) is 4.79 Å². The van der Waals surface area contributed by atoms with E-state index >= 15 is 0 Å². The van der Waals surface area contributed by atoms with Gasteiger partial charge in [-0.1, -0.05) is 0 Å². The number of hydrogen-bond acceptors (Lipinski definition) is 2. The molecule has 2 aromatic rings. The Morgan fingerprint density at radius 1 is 1.40 bits per heavy atom. The highest BCUT2D eigenvalue weighted by atomic mass is 79.9. The van der Waals surface area contributed by atoms with Crippen molar-refractivity contribution in [3.05, 3.63) is 29.6 Å². The Morgan fingerprint density at radius 2 is 2.27 bits per heavy atom. The summed E-state index contributed by atoms with van der Waals surface area (Å²) in [6.07, 6.45) is 0. The summed E-state index contributed by atoms with van der Waals surface area (Å²) < 4.78 is 1.21. The molecular weight excluding hydrogens is 274 g/mol. The SMILES string of the molecule is O=C(C#CBr)Nc1ccc2sccc2c1. The molecule has 74 valence electrons. The number of carbonyl (C=O) groups is 1. The van der Waals surface area contributed by atoms with Gasteiger partial charge in [0.15, 0.2) is 0 Å². The summed E-state index contributed by atoms with van der Waals surface area (Å²) in [5, 5.41) is 5.84. The van der Waals surface area contributed by atoms with E-state index in [0.29, 0.717) is 0 Å². The molecule has 4 heteroatoms. The minimum absolute atomic E-state index is 0.318. The second-order valence-corrected chi connectivity index (χ2v) is 4.19. The Balaban J connectivity index is 2.27. The lowest BCUT2D eigenvalue weighted by Gasteiger charge is -2.00. The molecule has 0 aliphatic carbocycles. The van der Waals surface area contributed by atoms with Crippen LogP contribution in [0, 0.1) is 10.8 Å². The first-order chi connectivity index (χ1) is 7.29. The van der Waals surface area contributed by atoms with Crippen LogP contribution in [0.4, 0.5) is 5.69 Å². The van der Waals surface area contributed by atoms with E-state index in [1.165, 1.54) is 4.70 Å². The lowest BCUT2D eigenvalue weighted by molar-refractivity contribution is -0.111. The van der Waals surface area contributed by atoms with Gasteiger partial charge in [0, 0.05) is 32.2 Å². The molecule has 1 N–H and O–H groups in total. The number of hydrogen-bond donors (Lipinski definition) is 1. The van der Waals surface area contributed by atoms with Crippen molar-refractivity contribution < 1.29 is 4.79 Å². The molecule has 0 radical (unpaired) electrons. The van der Waals surface area contributed by atoms with Crippen molar-refractivity contribution in [3.63, 3.8) is 0 Å². The van der Waals surface area contributed by atoms with E-state index in [1.54, 1.807) is 11.3 Å². The lowest BCUT2D eigenvalue weighted by atomic mass is 10.2. The lowest BCUT2D eigenvalue weighted by Crippen LogP contribution is -2.07. The molecule has 1 heterocycles. The van der Waals surface area contributed by atoms with Crippen LogP contribution in [-0.4, -0.2) is 5.91 Å². The maximum Gasteiger partial charge on any atom is 0.301 e. The maximum absolute atomic E-state index is 11.2. The highest BCUT2D eigenvalue weighted by molar-refractivity contribution is 9.12. The molecule has 0 aliphatic rings. The zero-order valence-electron chi connectivity index (χ0n) is 7.58. The van der Waals surface area contributed by atoms with Gasteiger partial charge in [0.25, 0.3) is 0 Å². The van der Waals surface area contributed by atoms with E-state index in [1.807, 2.05) is 29.6 Å². The topological polar surface area (TPSA) is 29.1 Å². The third-order valence-electron chi connectivity index (χ3n) is 1.87. The highest BCUT2D eigenvalue weighted by Crippen LogP contribution is 2.23. The number of benzene rings is 1. The van der Waals surface area contributed by atoms with Crippen LogP contribution < -0.4 is 5.32 Å². The van der Waals surface area contributed by atoms with Crippen LogP contribution in [0.1, 0.15) is 0 Å². The van der Waals surface area contributed by atoms with Crippen molar-refractivity contribution in [2.45, 2.75) is 0 Å². The van der Waals surface area contributed by atoms with Crippen LogP contribution in [0.25, 0.3) is 10.1 Å². The zero-order chi connectivity index (χ0) is 10.7. The van der Waals surface area contributed by atoms with E-state index in [2.05, 4.69) is 32.0 Å². The summed E-state index contributed by atoms with van der Waals surface area (Å²) >= 11 is 4.55. The fourth-order valence-corrected chi connectivity index (χ4v) is 2.20. The van der Waals surface area contributed by atoms with Gasteiger partial charge in [0.2, 0.25) is 0 Å². The molecule has 0 saturated heterocycles. The Labute approximate surface area is 99.4 Å². The average molecular weight is 280 g/mol. The molecule has 1 aromatic heterocycles. The third kappa shape index (κ3) is 2.38. The molecule has 0 fully saturated rings. The van der Waals surface area contributed by atoms with Gasteiger partial charge in [-0.15, -0.1) is 11.3 Å². The Hall–Kier alpha value is -1.31. The highest BCUT2D eigenvalue weighted by Gasteiger charge is 2.00. The molecule has 0 saturated carbocycles. The summed E-state index contributed by atoms with van der Waals surface area (Å²) in [4.78, 5) is 13.5. The summed E-state index contributed by atoms with van der Waals surface area (Å²) in [7, 11) is 0. The fraction of sp³-hybridized carbons (Fsp3) is 0. The van der Waals surface area contributed by atoms with Crippen molar-refractivity contribution in [2.75, 3.05) is 5.32 Å². The molecule has 2 nitrogen and oxygen atoms in total. The monoisotopic (exact) mass is 279 g/mol. The largest absolute Gasteiger partial charge is 0.315 e. The first kappa shape index (κ1) is 10.2. The molecule has 0 bridgehead atoms. The molecule has 1 amide bonds. The predicted octanol–water partition coefficient (Wildman–Crippen LogP) is 3.20. The number of amides is 1. The van der Waals surface area contributed by atoms with Crippen LogP contribution in [0.2, 0.25) is 0 Å². The van der Waals surface area contributed by atoms with E-state index in [-0.39, 0.29) is 5.91 Å². The summed E-state index contributed by atoms with van der Waals surface area (Å²) in [6, 6.07) is 7.80. The number of carbonyl (C=O) groups excluding carboxylic acids is 1. The molecule has 15 heavy (non-hydrogen) atoms. The smallest absolute Gasteiger partial charge is 0.301 e. The van der Waals surface area contributed by atoms with Crippen LogP contribution in [0.5, 0.6) is 0 Å². The molecular formula is C11H6BrNOS.